The van der Waals surface area contributed by atoms with E-state index in [2.05, 4.69) is 4.90 Å². The van der Waals surface area contributed by atoms with Gasteiger partial charge in [0, 0.05) is 55.2 Å². The van der Waals surface area contributed by atoms with Gasteiger partial charge in [-0.1, -0.05) is 11.6 Å². The van der Waals surface area contributed by atoms with Crippen LogP contribution in [0, 0.1) is 0 Å². The van der Waals surface area contributed by atoms with Crippen molar-refractivity contribution in [2.45, 2.75) is 12.1 Å². The maximum atomic E-state index is 12.7. The van der Waals surface area contributed by atoms with E-state index in [1.54, 1.807) is 29.2 Å². The monoisotopic (exact) mass is 419 g/mol. The number of likely N-dealkylation sites (tertiary alicyclic amines) is 1. The summed E-state index contributed by atoms with van der Waals surface area (Å²) < 4.78 is 0. The molecule has 2 aliphatic heterocycles. The highest BCUT2D eigenvalue weighted by atomic mass is 35.5. The summed E-state index contributed by atoms with van der Waals surface area (Å²) in [6.07, 6.45) is -0.588. The Balaban J connectivity index is 1.35. The molecule has 2 amide bonds. The van der Waals surface area contributed by atoms with Crippen molar-refractivity contribution >= 4 is 34.8 Å². The number of nitrogens with zero attached hydrogens (tertiary/aromatic N) is 3. The van der Waals surface area contributed by atoms with Crippen molar-refractivity contribution in [2.24, 2.45) is 0 Å². The van der Waals surface area contributed by atoms with E-state index in [0.717, 1.165) is 5.56 Å². The number of thiophene rings is 1. The molecule has 2 unspecified atom stereocenters. The van der Waals surface area contributed by atoms with Gasteiger partial charge in [0.15, 0.2) is 0 Å². The number of carbonyl (C=O) groups is 2. The largest absolute Gasteiger partial charge is 0.390 e. The van der Waals surface area contributed by atoms with E-state index in [9.17, 15) is 14.7 Å². The zero-order chi connectivity index (χ0) is 19.7. The molecule has 4 rings (SSSR count). The van der Waals surface area contributed by atoms with Gasteiger partial charge >= 0.3 is 0 Å². The normalized spacial score (nSPS) is 23.2. The number of β-amino-alcohol motifs (C(OH)–C–C–N with tert-alkyl or cyclic N) is 1. The third-order valence-electron chi connectivity index (χ3n) is 5.48. The molecule has 8 heteroatoms. The van der Waals surface area contributed by atoms with Crippen LogP contribution in [0.2, 0.25) is 5.02 Å². The van der Waals surface area contributed by atoms with Gasteiger partial charge in [-0.2, -0.15) is 11.3 Å². The summed E-state index contributed by atoms with van der Waals surface area (Å²) in [5, 5.41) is 14.9. The summed E-state index contributed by atoms with van der Waals surface area (Å²) in [6.45, 7) is 3.45. The van der Waals surface area contributed by atoms with Gasteiger partial charge in [-0.25, -0.2) is 0 Å². The molecule has 2 aromatic rings. The van der Waals surface area contributed by atoms with Crippen LogP contribution in [-0.4, -0.2) is 83.0 Å². The summed E-state index contributed by atoms with van der Waals surface area (Å²) >= 11 is 7.41. The molecule has 1 aromatic carbocycles. The van der Waals surface area contributed by atoms with Crippen LogP contribution in [0.1, 0.15) is 20.7 Å². The number of hydrogen-bond acceptors (Lipinski definition) is 5. The van der Waals surface area contributed by atoms with Crippen LogP contribution in [0.15, 0.2) is 41.1 Å². The van der Waals surface area contributed by atoms with E-state index < -0.39 is 6.10 Å². The number of hydrogen-bond donors (Lipinski definition) is 1. The van der Waals surface area contributed by atoms with Gasteiger partial charge in [0.25, 0.3) is 11.8 Å². The Kier molecular flexibility index (Phi) is 5.68. The molecule has 6 nitrogen and oxygen atoms in total. The van der Waals surface area contributed by atoms with Crippen molar-refractivity contribution in [1.29, 1.82) is 0 Å². The minimum Gasteiger partial charge on any atom is -0.390 e. The second-order valence-electron chi connectivity index (χ2n) is 7.19. The van der Waals surface area contributed by atoms with Gasteiger partial charge in [0.2, 0.25) is 0 Å². The highest BCUT2D eigenvalue weighted by Gasteiger charge is 2.39. The van der Waals surface area contributed by atoms with Crippen molar-refractivity contribution in [1.82, 2.24) is 14.7 Å². The second-order valence-corrected chi connectivity index (χ2v) is 8.41. The average molecular weight is 420 g/mol. The van der Waals surface area contributed by atoms with Crippen molar-refractivity contribution in [3.63, 3.8) is 0 Å². The summed E-state index contributed by atoms with van der Waals surface area (Å²) in [4.78, 5) is 30.9. The van der Waals surface area contributed by atoms with Crippen LogP contribution >= 0.6 is 22.9 Å². The number of aliphatic hydroxyl groups is 1. The number of carbonyl (C=O) groups excluding carboxylic acids is 2. The maximum Gasteiger partial charge on any atom is 0.254 e. The molecule has 2 fully saturated rings. The van der Waals surface area contributed by atoms with Crippen LogP contribution in [0.3, 0.4) is 0 Å². The Labute approximate surface area is 172 Å². The first-order valence-corrected chi connectivity index (χ1v) is 10.6. The van der Waals surface area contributed by atoms with Crippen molar-refractivity contribution in [3.8, 4) is 0 Å². The van der Waals surface area contributed by atoms with E-state index >= 15 is 0 Å². The predicted molar refractivity (Wildman–Crippen MR) is 109 cm³/mol. The summed E-state index contributed by atoms with van der Waals surface area (Å²) in [5.74, 6) is -0.0306. The molecular formula is C20H22ClN3O3S. The SMILES string of the molecule is O=C(c1ccsc1)N1CCN(C2CN(C(=O)c3ccc(Cl)cc3)CC2O)CC1. The van der Waals surface area contributed by atoms with Gasteiger partial charge in [0.05, 0.1) is 17.7 Å². The first-order chi connectivity index (χ1) is 13.5. The van der Waals surface area contributed by atoms with Gasteiger partial charge in [0.1, 0.15) is 0 Å². The molecule has 2 saturated heterocycles. The van der Waals surface area contributed by atoms with E-state index in [4.69, 9.17) is 11.6 Å². The number of amides is 2. The fourth-order valence-corrected chi connectivity index (χ4v) is 4.65. The van der Waals surface area contributed by atoms with Gasteiger partial charge in [-0.05, 0) is 35.7 Å². The zero-order valence-electron chi connectivity index (χ0n) is 15.3. The Morgan fingerprint density at radius 1 is 0.929 bits per heavy atom. The molecule has 0 saturated carbocycles. The lowest BCUT2D eigenvalue weighted by Crippen LogP contribution is -2.54. The fourth-order valence-electron chi connectivity index (χ4n) is 3.89. The number of benzene rings is 1. The highest BCUT2D eigenvalue weighted by Crippen LogP contribution is 2.22. The van der Waals surface area contributed by atoms with Crippen LogP contribution < -0.4 is 0 Å². The first-order valence-electron chi connectivity index (χ1n) is 9.31. The lowest BCUT2D eigenvalue weighted by Gasteiger charge is -2.38. The van der Waals surface area contributed by atoms with Gasteiger partial charge in [-0.15, -0.1) is 0 Å². The Hall–Kier alpha value is -1.93. The lowest BCUT2D eigenvalue weighted by molar-refractivity contribution is 0.0376. The molecule has 0 spiro atoms. The van der Waals surface area contributed by atoms with Crippen LogP contribution in [0.25, 0.3) is 0 Å². The number of piperazine rings is 1. The molecule has 2 aliphatic rings. The minimum atomic E-state index is -0.588. The van der Waals surface area contributed by atoms with Crippen LogP contribution in [-0.2, 0) is 0 Å². The van der Waals surface area contributed by atoms with Crippen LogP contribution in [0.5, 0.6) is 0 Å². The quantitative estimate of drug-likeness (QED) is 0.827. The fraction of sp³-hybridized carbons (Fsp3) is 0.400. The van der Waals surface area contributed by atoms with Gasteiger partial charge < -0.3 is 14.9 Å². The molecule has 28 heavy (non-hydrogen) atoms. The molecule has 3 heterocycles. The second kappa shape index (κ2) is 8.21. The molecular weight excluding hydrogens is 398 g/mol. The standard InChI is InChI=1S/C20H22ClN3O3S/c21-16-3-1-14(2-4-16)19(26)24-11-17(18(25)12-24)22-6-8-23(9-7-22)20(27)15-5-10-28-13-15/h1-5,10,13,17-18,25H,6-9,11-12H2. The maximum absolute atomic E-state index is 12.7. The molecule has 1 N–H and O–H groups in total. The predicted octanol–water partition coefficient (Wildman–Crippen LogP) is 2.04. The Morgan fingerprint density at radius 2 is 1.61 bits per heavy atom. The number of halogens is 1. The summed E-state index contributed by atoms with van der Waals surface area (Å²) in [7, 11) is 0. The van der Waals surface area contributed by atoms with E-state index in [0.29, 0.717) is 49.9 Å². The average Bonchev–Trinajstić information content (AvgIpc) is 3.38. The smallest absolute Gasteiger partial charge is 0.254 e. The molecule has 148 valence electrons. The third-order valence-corrected chi connectivity index (χ3v) is 6.41. The van der Waals surface area contributed by atoms with Crippen molar-refractivity contribution in [2.75, 3.05) is 39.3 Å². The Morgan fingerprint density at radius 3 is 2.25 bits per heavy atom. The number of aliphatic hydroxyl groups excluding tert-OH is 1. The molecule has 2 atom stereocenters. The van der Waals surface area contributed by atoms with Crippen molar-refractivity contribution in [3.05, 3.63) is 57.2 Å². The highest BCUT2D eigenvalue weighted by molar-refractivity contribution is 7.08. The van der Waals surface area contributed by atoms with E-state index in [1.165, 1.54) is 11.3 Å². The molecule has 0 bridgehead atoms. The topological polar surface area (TPSA) is 64.1 Å². The van der Waals surface area contributed by atoms with Crippen LogP contribution in [0.4, 0.5) is 0 Å². The van der Waals surface area contributed by atoms with Crippen molar-refractivity contribution < 1.29 is 14.7 Å². The molecule has 0 aliphatic carbocycles. The van der Waals surface area contributed by atoms with E-state index in [1.807, 2.05) is 21.7 Å². The Bertz CT molecular complexity index is 835. The zero-order valence-corrected chi connectivity index (χ0v) is 16.9. The summed E-state index contributed by atoms with van der Waals surface area (Å²) in [6, 6.07) is 8.55. The third kappa shape index (κ3) is 3.93. The van der Waals surface area contributed by atoms with Gasteiger partial charge in [-0.3, -0.25) is 14.5 Å². The van der Waals surface area contributed by atoms with E-state index in [-0.39, 0.29) is 17.9 Å². The summed E-state index contributed by atoms with van der Waals surface area (Å²) in [5.41, 5.74) is 1.31. The first kappa shape index (κ1) is 19.4. The lowest BCUT2D eigenvalue weighted by atomic mass is 10.1. The number of rotatable bonds is 3. The molecule has 1 aromatic heterocycles. The minimum absolute atomic E-state index is 0.0624. The molecule has 0 radical (unpaired) electrons.